The first-order valence-electron chi connectivity index (χ1n) is 12.6. The third kappa shape index (κ3) is 8.55. The van der Waals surface area contributed by atoms with Gasteiger partial charge in [-0.1, -0.05) is 31.5 Å². The molecule has 0 bridgehead atoms. The van der Waals surface area contributed by atoms with Gasteiger partial charge in [0.2, 0.25) is 5.91 Å². The van der Waals surface area contributed by atoms with Gasteiger partial charge in [-0.25, -0.2) is 4.98 Å². The van der Waals surface area contributed by atoms with Gasteiger partial charge in [0.05, 0.1) is 35.6 Å². The Bertz CT molecular complexity index is 1300. The lowest BCUT2D eigenvalue weighted by atomic mass is 10.1. The van der Waals surface area contributed by atoms with Gasteiger partial charge < -0.3 is 20.1 Å². The quantitative estimate of drug-likeness (QED) is 0.256. The number of carbonyl (C=O) groups excluding carboxylic acids is 1. The summed E-state index contributed by atoms with van der Waals surface area (Å²) in [5.74, 6) is -0.265. The molecule has 3 rings (SSSR count). The molecule has 0 aliphatic carbocycles. The van der Waals surface area contributed by atoms with Gasteiger partial charge in [-0.05, 0) is 61.5 Å². The molecule has 0 saturated heterocycles. The number of aromatic nitrogens is 2. The largest absolute Gasteiger partial charge is 0.416 e. The molecule has 39 heavy (non-hydrogen) atoms. The lowest BCUT2D eigenvalue weighted by molar-refractivity contribution is -0.138. The molecule has 1 aromatic heterocycles. The van der Waals surface area contributed by atoms with Crippen molar-refractivity contribution in [1.82, 2.24) is 25.1 Å². The number of nitrogens with zero attached hydrogens (tertiary/aromatic N) is 4. The number of imidazole rings is 1. The molecule has 1 heterocycles. The summed E-state index contributed by atoms with van der Waals surface area (Å²) in [7, 11) is 0. The van der Waals surface area contributed by atoms with E-state index in [0.29, 0.717) is 22.9 Å². The molecule has 0 spiro atoms. The highest BCUT2D eigenvalue weighted by Crippen LogP contribution is 2.32. The number of benzene rings is 2. The maximum Gasteiger partial charge on any atom is 0.416 e. The maximum atomic E-state index is 13.6. The lowest BCUT2D eigenvalue weighted by Crippen LogP contribution is -2.48. The van der Waals surface area contributed by atoms with Crippen molar-refractivity contribution in [3.05, 3.63) is 83.4 Å². The zero-order chi connectivity index (χ0) is 28.4. The van der Waals surface area contributed by atoms with Crippen LogP contribution in [-0.2, 0) is 23.9 Å². The number of alkyl halides is 3. The predicted molar refractivity (Wildman–Crippen MR) is 147 cm³/mol. The van der Waals surface area contributed by atoms with Crippen LogP contribution in [0.2, 0.25) is 0 Å². The molecular formula is C28H31F3N6OS. The fourth-order valence-corrected chi connectivity index (χ4v) is 4.33. The summed E-state index contributed by atoms with van der Waals surface area (Å²) in [5, 5.41) is 15.4. The average molecular weight is 557 g/mol. The minimum absolute atomic E-state index is 0.0421. The van der Waals surface area contributed by atoms with Crippen LogP contribution in [0.5, 0.6) is 0 Å². The van der Waals surface area contributed by atoms with Crippen molar-refractivity contribution in [3.63, 3.8) is 0 Å². The van der Waals surface area contributed by atoms with Crippen molar-refractivity contribution >= 4 is 23.2 Å². The van der Waals surface area contributed by atoms with E-state index in [0.717, 1.165) is 24.6 Å². The number of carbonyl (C=O) groups is 1. The summed E-state index contributed by atoms with van der Waals surface area (Å²) < 4.78 is 42.6. The first kappa shape index (κ1) is 29.6. The third-order valence-corrected chi connectivity index (χ3v) is 6.41. The fourth-order valence-electron chi connectivity index (χ4n) is 4.09. The van der Waals surface area contributed by atoms with E-state index in [4.69, 9.17) is 17.5 Å². The fraction of sp³-hybridized carbons (Fsp3) is 0.357. The van der Waals surface area contributed by atoms with Crippen LogP contribution in [0.4, 0.5) is 13.2 Å². The van der Waals surface area contributed by atoms with Crippen LogP contribution in [0, 0.1) is 11.3 Å². The number of unbranched alkanes of at least 4 members (excludes halogenated alkanes) is 1. The Morgan fingerprint density at radius 2 is 1.92 bits per heavy atom. The summed E-state index contributed by atoms with van der Waals surface area (Å²) in [6.07, 6.45) is 0.547. The molecule has 0 aliphatic heterocycles. The Morgan fingerprint density at radius 3 is 2.59 bits per heavy atom. The van der Waals surface area contributed by atoms with Crippen molar-refractivity contribution in [2.75, 3.05) is 13.1 Å². The van der Waals surface area contributed by atoms with E-state index in [1.54, 1.807) is 59.2 Å². The van der Waals surface area contributed by atoms with Crippen LogP contribution < -0.4 is 10.6 Å². The molecule has 2 N–H and O–H groups in total. The Balaban J connectivity index is 1.69. The maximum absolute atomic E-state index is 13.6. The molecule has 0 saturated carbocycles. The molecule has 206 valence electrons. The summed E-state index contributed by atoms with van der Waals surface area (Å²) in [6.45, 7) is 4.58. The highest BCUT2D eigenvalue weighted by molar-refractivity contribution is 7.80. The second kappa shape index (κ2) is 13.8. The number of halogens is 3. The van der Waals surface area contributed by atoms with E-state index < -0.39 is 17.8 Å². The second-order valence-electron chi connectivity index (χ2n) is 9.18. The zero-order valence-corrected chi connectivity index (χ0v) is 22.6. The zero-order valence-electron chi connectivity index (χ0n) is 21.8. The summed E-state index contributed by atoms with van der Waals surface area (Å²) in [4.78, 5) is 18.7. The Morgan fingerprint density at radius 1 is 1.21 bits per heavy atom. The molecule has 0 aliphatic rings. The van der Waals surface area contributed by atoms with E-state index in [2.05, 4.69) is 21.7 Å². The van der Waals surface area contributed by atoms with Gasteiger partial charge in [0.25, 0.3) is 0 Å². The molecule has 0 radical (unpaired) electrons. The van der Waals surface area contributed by atoms with Crippen LogP contribution in [0.15, 0.2) is 61.1 Å². The third-order valence-electron chi connectivity index (χ3n) is 6.01. The molecular weight excluding hydrogens is 525 g/mol. The van der Waals surface area contributed by atoms with E-state index in [1.165, 1.54) is 12.1 Å². The Kier molecular flexibility index (Phi) is 10.5. The smallest absolute Gasteiger partial charge is 0.363 e. The highest BCUT2D eigenvalue weighted by atomic mass is 32.1. The van der Waals surface area contributed by atoms with E-state index in [9.17, 15) is 18.0 Å². The van der Waals surface area contributed by atoms with Gasteiger partial charge in [-0.15, -0.1) is 0 Å². The van der Waals surface area contributed by atoms with Crippen LogP contribution in [0.3, 0.4) is 0 Å². The highest BCUT2D eigenvalue weighted by Gasteiger charge is 2.33. The van der Waals surface area contributed by atoms with Crippen LogP contribution in [0.1, 0.15) is 49.1 Å². The first-order valence-corrected chi connectivity index (χ1v) is 13.0. The number of thiocarbonyl (C=S) groups is 1. The topological polar surface area (TPSA) is 86.0 Å². The number of nitriles is 1. The lowest BCUT2D eigenvalue weighted by Gasteiger charge is -2.30. The normalized spacial score (nSPS) is 11.9. The average Bonchev–Trinajstić information content (AvgIpc) is 3.35. The van der Waals surface area contributed by atoms with E-state index >= 15 is 0 Å². The number of rotatable bonds is 11. The second-order valence-corrected chi connectivity index (χ2v) is 9.57. The number of hydrogen-bond donors (Lipinski definition) is 2. The van der Waals surface area contributed by atoms with Crippen LogP contribution in [0.25, 0.3) is 5.69 Å². The van der Waals surface area contributed by atoms with Gasteiger partial charge in [0, 0.05) is 37.6 Å². The van der Waals surface area contributed by atoms with Crippen LogP contribution in [-0.4, -0.2) is 44.6 Å². The first-order chi connectivity index (χ1) is 18.6. The Labute approximate surface area is 231 Å². The van der Waals surface area contributed by atoms with E-state index in [1.807, 2.05) is 6.92 Å². The van der Waals surface area contributed by atoms with Crippen molar-refractivity contribution in [3.8, 4) is 11.8 Å². The predicted octanol–water partition coefficient (Wildman–Crippen LogP) is 4.99. The molecule has 1 amide bonds. The van der Waals surface area contributed by atoms with Gasteiger partial charge >= 0.3 is 6.18 Å². The molecule has 2 aromatic carbocycles. The van der Waals surface area contributed by atoms with Crippen molar-refractivity contribution in [2.45, 2.75) is 51.9 Å². The molecule has 0 fully saturated rings. The van der Waals surface area contributed by atoms with Gasteiger partial charge in [-0.2, -0.15) is 18.4 Å². The van der Waals surface area contributed by atoms with Gasteiger partial charge in [-0.3, -0.25) is 4.79 Å². The standard InChI is InChI=1S/C28H31F3N6OS/c1-3-4-13-34-27(39)36(18-22-7-5-6-8-25(22)28(29,30)31)17-20(2)35-26(38)14-24-16-33-19-37(24)23-11-9-21(15-32)10-12-23/h5-12,16,19-20H,3-4,13-14,17-18H2,1-2H3,(H,34,39)(H,35,38)/t20-/m0/s1. The van der Waals surface area contributed by atoms with Crippen molar-refractivity contribution in [2.24, 2.45) is 0 Å². The minimum atomic E-state index is -4.49. The summed E-state index contributed by atoms with van der Waals surface area (Å²) in [6, 6.07) is 14.0. The van der Waals surface area contributed by atoms with Crippen molar-refractivity contribution in [1.29, 1.82) is 5.26 Å². The summed E-state index contributed by atoms with van der Waals surface area (Å²) >= 11 is 5.53. The minimum Gasteiger partial charge on any atom is -0.363 e. The van der Waals surface area contributed by atoms with Gasteiger partial charge in [0.1, 0.15) is 0 Å². The van der Waals surface area contributed by atoms with Gasteiger partial charge in [0.15, 0.2) is 5.11 Å². The molecule has 7 nitrogen and oxygen atoms in total. The monoisotopic (exact) mass is 556 g/mol. The SMILES string of the molecule is CCCCNC(=S)N(Cc1ccccc1C(F)(F)F)C[C@H](C)NC(=O)Cc1cncn1-c1ccc(C#N)cc1. The Hall–Kier alpha value is -3.91. The number of nitrogens with one attached hydrogen (secondary N) is 2. The molecule has 11 heteroatoms. The van der Waals surface area contributed by atoms with Crippen LogP contribution >= 0.6 is 12.2 Å². The van der Waals surface area contributed by atoms with Crippen molar-refractivity contribution < 1.29 is 18.0 Å². The van der Waals surface area contributed by atoms with E-state index in [-0.39, 0.29) is 31.0 Å². The number of hydrogen-bond acceptors (Lipinski definition) is 4. The molecule has 1 atom stereocenters. The number of amides is 1. The molecule has 0 unspecified atom stereocenters. The summed E-state index contributed by atoms with van der Waals surface area (Å²) in [5.41, 5.74) is 1.34. The molecule has 3 aromatic rings.